The first-order valence-electron chi connectivity index (χ1n) is 8.88. The van der Waals surface area contributed by atoms with Crippen LogP contribution < -0.4 is 24.4 Å². The van der Waals surface area contributed by atoms with Crippen molar-refractivity contribution in [3.05, 3.63) is 36.0 Å². The van der Waals surface area contributed by atoms with Crippen LogP contribution in [0, 0.1) is 6.92 Å². The van der Waals surface area contributed by atoms with Crippen LogP contribution in [0.1, 0.15) is 12.0 Å². The fraction of sp³-hybridized carbons (Fsp3) is 0.421. The third-order valence-corrected chi connectivity index (χ3v) is 4.74. The van der Waals surface area contributed by atoms with Crippen LogP contribution in [0.3, 0.4) is 0 Å². The molecule has 1 saturated heterocycles. The monoisotopic (exact) mass is 373 g/mol. The molecule has 4 rings (SSSR count). The van der Waals surface area contributed by atoms with Gasteiger partial charge >= 0.3 is 0 Å². The smallest absolute Gasteiger partial charge is 0.287 e. The number of hydrogen-bond acceptors (Lipinski definition) is 8. The standard InChI is InChI=1S/C19H23N3O5/c1-12-7-13(9-21-18(12)25-2)22-16-8-14(27-15-5-6-20-10-15)3-4-17(16)26-11-19(22,23)24/h3-4,7-9,15,20,23-24H,5-6,10-11H2,1-2H3. The van der Waals surface area contributed by atoms with Crippen LogP contribution in [0.15, 0.2) is 30.5 Å². The van der Waals surface area contributed by atoms with E-state index >= 15 is 0 Å². The second-order valence-electron chi connectivity index (χ2n) is 6.78. The van der Waals surface area contributed by atoms with Gasteiger partial charge in [0.2, 0.25) is 5.88 Å². The van der Waals surface area contributed by atoms with Crippen molar-refractivity contribution < 1.29 is 24.4 Å². The van der Waals surface area contributed by atoms with E-state index in [1.165, 1.54) is 11.1 Å². The van der Waals surface area contributed by atoms with Crippen molar-refractivity contribution in [3.63, 3.8) is 0 Å². The topological polar surface area (TPSA) is 96.3 Å². The molecule has 2 aliphatic heterocycles. The number of fused-ring (bicyclic) bond motifs is 1. The van der Waals surface area contributed by atoms with E-state index in [2.05, 4.69) is 10.3 Å². The maximum Gasteiger partial charge on any atom is 0.287 e. The van der Waals surface area contributed by atoms with Crippen LogP contribution in [-0.2, 0) is 0 Å². The van der Waals surface area contributed by atoms with Crippen LogP contribution in [0.25, 0.3) is 0 Å². The lowest BCUT2D eigenvalue weighted by atomic mass is 10.1. The SMILES string of the molecule is COc1ncc(N2c3cc(OC4CCNC4)ccc3OCC2(O)O)cc1C. The Balaban J connectivity index is 1.73. The molecule has 1 unspecified atom stereocenters. The highest BCUT2D eigenvalue weighted by Gasteiger charge is 2.41. The summed E-state index contributed by atoms with van der Waals surface area (Å²) in [5.41, 5.74) is 1.80. The third-order valence-electron chi connectivity index (χ3n) is 4.74. The number of hydrogen-bond donors (Lipinski definition) is 3. The lowest BCUT2D eigenvalue weighted by molar-refractivity contribution is -0.179. The second kappa shape index (κ2) is 6.88. The van der Waals surface area contributed by atoms with Crippen LogP contribution in [0.2, 0.25) is 0 Å². The van der Waals surface area contributed by atoms with Gasteiger partial charge < -0.3 is 29.7 Å². The number of nitrogens with zero attached hydrogens (tertiary/aromatic N) is 2. The Morgan fingerprint density at radius 2 is 2.19 bits per heavy atom. The predicted octanol–water partition coefficient (Wildman–Crippen LogP) is 1.31. The molecular formula is C19H23N3O5. The summed E-state index contributed by atoms with van der Waals surface area (Å²) in [6.45, 7) is 3.28. The minimum atomic E-state index is -2.22. The van der Waals surface area contributed by atoms with Crippen LogP contribution in [0.5, 0.6) is 17.4 Å². The molecule has 3 heterocycles. The van der Waals surface area contributed by atoms with Gasteiger partial charge in [0, 0.05) is 18.2 Å². The molecule has 2 aliphatic rings. The van der Waals surface area contributed by atoms with E-state index in [1.807, 2.05) is 13.0 Å². The molecule has 0 spiro atoms. The first kappa shape index (κ1) is 17.8. The van der Waals surface area contributed by atoms with Gasteiger partial charge in [-0.2, -0.15) is 0 Å². The summed E-state index contributed by atoms with van der Waals surface area (Å²) in [7, 11) is 1.54. The largest absolute Gasteiger partial charge is 0.489 e. The fourth-order valence-electron chi connectivity index (χ4n) is 3.45. The molecule has 0 amide bonds. The number of ether oxygens (including phenoxy) is 3. The first-order valence-corrected chi connectivity index (χ1v) is 8.88. The van der Waals surface area contributed by atoms with Gasteiger partial charge in [0.05, 0.1) is 24.7 Å². The van der Waals surface area contributed by atoms with Gasteiger partial charge in [-0.15, -0.1) is 0 Å². The molecule has 3 N–H and O–H groups in total. The van der Waals surface area contributed by atoms with Crippen molar-refractivity contribution in [1.29, 1.82) is 0 Å². The summed E-state index contributed by atoms with van der Waals surface area (Å²) >= 11 is 0. The average Bonchev–Trinajstić information content (AvgIpc) is 3.14. The molecule has 27 heavy (non-hydrogen) atoms. The molecule has 8 heteroatoms. The van der Waals surface area contributed by atoms with E-state index in [4.69, 9.17) is 14.2 Å². The third kappa shape index (κ3) is 3.39. The lowest BCUT2D eigenvalue weighted by Gasteiger charge is -2.41. The molecule has 1 aromatic carbocycles. The molecule has 0 aliphatic carbocycles. The molecule has 8 nitrogen and oxygen atoms in total. The van der Waals surface area contributed by atoms with Crippen molar-refractivity contribution in [2.45, 2.75) is 25.4 Å². The Labute approximate surface area is 157 Å². The predicted molar refractivity (Wildman–Crippen MR) is 98.7 cm³/mol. The summed E-state index contributed by atoms with van der Waals surface area (Å²) in [6.07, 6.45) is 2.57. The molecule has 0 radical (unpaired) electrons. The van der Waals surface area contributed by atoms with Crippen molar-refractivity contribution in [2.75, 3.05) is 31.7 Å². The maximum atomic E-state index is 10.6. The van der Waals surface area contributed by atoms with Gasteiger partial charge in [0.25, 0.3) is 5.91 Å². The number of methoxy groups -OCH3 is 1. The molecule has 1 fully saturated rings. The van der Waals surface area contributed by atoms with Crippen LogP contribution in [-0.4, -0.2) is 54.0 Å². The summed E-state index contributed by atoms with van der Waals surface area (Å²) in [5.74, 6) is -0.547. The molecule has 0 saturated carbocycles. The molecule has 144 valence electrons. The van der Waals surface area contributed by atoms with Gasteiger partial charge in [-0.1, -0.05) is 0 Å². The Hall–Kier alpha value is -2.55. The minimum absolute atomic E-state index is 0.0962. The summed E-state index contributed by atoms with van der Waals surface area (Å²) in [6, 6.07) is 7.15. The normalized spacial score (nSPS) is 20.7. The zero-order chi connectivity index (χ0) is 19.0. The number of pyridine rings is 1. The van der Waals surface area contributed by atoms with Gasteiger partial charge in [0.1, 0.15) is 17.6 Å². The van der Waals surface area contributed by atoms with Crippen molar-refractivity contribution in [2.24, 2.45) is 0 Å². The van der Waals surface area contributed by atoms with E-state index in [9.17, 15) is 10.2 Å². The highest BCUT2D eigenvalue weighted by Crippen LogP contribution is 2.44. The highest BCUT2D eigenvalue weighted by atomic mass is 16.6. The number of aromatic nitrogens is 1. The Morgan fingerprint density at radius 3 is 2.89 bits per heavy atom. The summed E-state index contributed by atoms with van der Waals surface area (Å²) < 4.78 is 16.7. The minimum Gasteiger partial charge on any atom is -0.489 e. The van der Waals surface area contributed by atoms with Gasteiger partial charge in [0.15, 0.2) is 6.61 Å². The van der Waals surface area contributed by atoms with Crippen LogP contribution in [0.4, 0.5) is 11.4 Å². The zero-order valence-electron chi connectivity index (χ0n) is 15.3. The summed E-state index contributed by atoms with van der Waals surface area (Å²) in [5, 5.41) is 24.4. The number of aliphatic hydroxyl groups is 2. The Bertz CT molecular complexity index is 836. The molecule has 1 atom stereocenters. The Kier molecular flexibility index (Phi) is 4.55. The zero-order valence-corrected chi connectivity index (χ0v) is 15.3. The van der Waals surface area contributed by atoms with E-state index in [0.717, 1.165) is 25.1 Å². The van der Waals surface area contributed by atoms with Crippen molar-refractivity contribution in [3.8, 4) is 17.4 Å². The quantitative estimate of drug-likeness (QED) is 0.691. The second-order valence-corrected chi connectivity index (χ2v) is 6.78. The molecule has 0 bridgehead atoms. The number of benzene rings is 1. The lowest BCUT2D eigenvalue weighted by Crippen LogP contribution is -2.53. The fourth-order valence-corrected chi connectivity index (χ4v) is 3.45. The van der Waals surface area contributed by atoms with E-state index < -0.39 is 5.91 Å². The maximum absolute atomic E-state index is 10.6. The van der Waals surface area contributed by atoms with E-state index in [0.29, 0.717) is 28.8 Å². The Morgan fingerprint density at radius 1 is 1.33 bits per heavy atom. The van der Waals surface area contributed by atoms with Gasteiger partial charge in [-0.25, -0.2) is 4.98 Å². The van der Waals surface area contributed by atoms with E-state index in [1.54, 1.807) is 25.3 Å². The molecule has 1 aromatic heterocycles. The van der Waals surface area contributed by atoms with Gasteiger partial charge in [-0.05, 0) is 38.1 Å². The number of nitrogens with one attached hydrogen (secondary N) is 1. The number of anilines is 2. The number of aryl methyl sites for hydroxylation is 1. The molecule has 2 aromatic rings. The van der Waals surface area contributed by atoms with Crippen molar-refractivity contribution in [1.82, 2.24) is 10.3 Å². The highest BCUT2D eigenvalue weighted by molar-refractivity contribution is 5.73. The average molecular weight is 373 g/mol. The number of rotatable bonds is 4. The van der Waals surface area contributed by atoms with Crippen molar-refractivity contribution >= 4 is 11.4 Å². The first-order chi connectivity index (χ1) is 13.0. The van der Waals surface area contributed by atoms with Crippen LogP contribution >= 0.6 is 0 Å². The molecular weight excluding hydrogens is 350 g/mol. The van der Waals surface area contributed by atoms with E-state index in [-0.39, 0.29) is 12.7 Å². The van der Waals surface area contributed by atoms with Gasteiger partial charge in [-0.3, -0.25) is 4.90 Å². The summed E-state index contributed by atoms with van der Waals surface area (Å²) in [4.78, 5) is 5.64.